The Kier molecular flexibility index (Phi) is 4.82. The van der Waals surface area contributed by atoms with E-state index >= 15 is 0 Å². The van der Waals surface area contributed by atoms with Crippen LogP contribution in [0.1, 0.15) is 62.0 Å². The van der Waals surface area contributed by atoms with Crippen LogP contribution in [0.5, 0.6) is 0 Å². The Bertz CT molecular complexity index is 763. The first kappa shape index (κ1) is 18.4. The van der Waals surface area contributed by atoms with Crippen LogP contribution in [0.3, 0.4) is 0 Å². The molecule has 1 aromatic rings. The molecule has 4 aliphatic rings. The molecule has 3 fully saturated rings. The minimum absolute atomic E-state index is 0.315. The smallest absolute Gasteiger partial charge is 0.223 e. The van der Waals surface area contributed by atoms with Crippen molar-refractivity contribution in [3.8, 4) is 0 Å². The molecule has 0 radical (unpaired) electrons. The van der Waals surface area contributed by atoms with Gasteiger partial charge in [-0.25, -0.2) is 0 Å². The fraction of sp³-hybridized carbons (Fsp3) is 0.739. The fourth-order valence-electron chi connectivity index (χ4n) is 6.49. The minimum atomic E-state index is 0.315. The molecule has 152 valence electrons. The van der Waals surface area contributed by atoms with E-state index in [0.717, 1.165) is 48.4 Å². The second-order valence-corrected chi connectivity index (χ2v) is 9.40. The Balaban J connectivity index is 1.33. The van der Waals surface area contributed by atoms with Crippen molar-refractivity contribution in [2.75, 3.05) is 19.6 Å². The summed E-state index contributed by atoms with van der Waals surface area (Å²) in [6.45, 7) is 7.29. The predicted octanol–water partition coefficient (Wildman–Crippen LogP) is 3.65. The Hall–Kier alpha value is -1.62. The van der Waals surface area contributed by atoms with Crippen LogP contribution in [0.2, 0.25) is 0 Å². The number of nitrogens with zero attached hydrogens (tertiary/aromatic N) is 3. The highest BCUT2D eigenvalue weighted by Crippen LogP contribution is 2.45. The van der Waals surface area contributed by atoms with Crippen LogP contribution in [0.4, 0.5) is 0 Å². The first-order valence-corrected chi connectivity index (χ1v) is 11.3. The van der Waals surface area contributed by atoms with Crippen molar-refractivity contribution in [3.05, 3.63) is 28.7 Å². The van der Waals surface area contributed by atoms with E-state index < -0.39 is 0 Å². The molecule has 1 aromatic heterocycles. The lowest BCUT2D eigenvalue weighted by atomic mass is 9.68. The van der Waals surface area contributed by atoms with E-state index in [0.29, 0.717) is 24.3 Å². The summed E-state index contributed by atoms with van der Waals surface area (Å²) >= 11 is 0. The van der Waals surface area contributed by atoms with Crippen molar-refractivity contribution < 1.29 is 9.32 Å². The van der Waals surface area contributed by atoms with Crippen LogP contribution < -0.4 is 0 Å². The van der Waals surface area contributed by atoms with Gasteiger partial charge in [0.15, 0.2) is 0 Å². The minimum Gasteiger partial charge on any atom is -0.361 e. The molecule has 4 heterocycles. The Morgan fingerprint density at radius 3 is 2.96 bits per heavy atom. The first-order chi connectivity index (χ1) is 13.6. The third kappa shape index (κ3) is 3.12. The molecule has 0 aromatic carbocycles. The van der Waals surface area contributed by atoms with Gasteiger partial charge in [-0.15, -0.1) is 0 Å². The lowest BCUT2D eigenvalue weighted by Crippen LogP contribution is -2.60. The number of amides is 1. The molecule has 1 aliphatic carbocycles. The van der Waals surface area contributed by atoms with E-state index in [1.54, 1.807) is 5.57 Å². The Morgan fingerprint density at radius 1 is 1.25 bits per heavy atom. The number of aromatic nitrogens is 1. The summed E-state index contributed by atoms with van der Waals surface area (Å²) in [5, 5.41) is 4.04. The third-order valence-corrected chi connectivity index (χ3v) is 7.75. The van der Waals surface area contributed by atoms with Gasteiger partial charge in [0.05, 0.1) is 11.7 Å². The van der Waals surface area contributed by atoms with Crippen molar-refractivity contribution in [3.63, 3.8) is 0 Å². The maximum Gasteiger partial charge on any atom is 0.223 e. The zero-order valence-electron chi connectivity index (χ0n) is 17.3. The average Bonchev–Trinajstić information content (AvgIpc) is 3.03. The fourth-order valence-corrected chi connectivity index (χ4v) is 6.49. The third-order valence-electron chi connectivity index (χ3n) is 7.75. The highest BCUT2D eigenvalue weighted by molar-refractivity contribution is 5.77. The van der Waals surface area contributed by atoms with Gasteiger partial charge in [0, 0.05) is 31.1 Å². The quantitative estimate of drug-likeness (QED) is 0.748. The highest BCUT2D eigenvalue weighted by Gasteiger charge is 2.46. The van der Waals surface area contributed by atoms with Crippen LogP contribution in [-0.4, -0.2) is 52.6 Å². The van der Waals surface area contributed by atoms with Crippen LogP contribution in [0.15, 0.2) is 16.2 Å². The van der Waals surface area contributed by atoms with E-state index in [9.17, 15) is 4.79 Å². The molecule has 5 heteroatoms. The summed E-state index contributed by atoms with van der Waals surface area (Å²) < 4.78 is 5.27. The van der Waals surface area contributed by atoms with Crippen molar-refractivity contribution in [2.24, 2.45) is 11.8 Å². The number of hydrogen-bond acceptors (Lipinski definition) is 4. The maximum atomic E-state index is 13.2. The van der Waals surface area contributed by atoms with Gasteiger partial charge in [-0.2, -0.15) is 0 Å². The summed E-state index contributed by atoms with van der Waals surface area (Å²) in [7, 11) is 0. The van der Waals surface area contributed by atoms with E-state index in [1.807, 2.05) is 13.8 Å². The lowest BCUT2D eigenvalue weighted by Gasteiger charge is -2.54. The largest absolute Gasteiger partial charge is 0.361 e. The Labute approximate surface area is 168 Å². The standard InChI is InChI=1S/C23H33N3O2/c1-15-20(16(2)28-24-15)8-9-22(27)26-11-5-6-17-12-18-13-19(23(17)26)14-25-10-4-3-7-21(18)25/h12,18-19,21,23H,3-11,13-14H2,1-2H3/t18-,19+,21-,23+/m0/s1. The molecule has 2 bridgehead atoms. The molecule has 0 saturated carbocycles. The van der Waals surface area contributed by atoms with Crippen LogP contribution in [-0.2, 0) is 11.2 Å². The van der Waals surface area contributed by atoms with E-state index in [-0.39, 0.29) is 0 Å². The molecule has 0 N–H and O–H groups in total. The van der Waals surface area contributed by atoms with Crippen molar-refractivity contribution >= 4 is 5.91 Å². The molecule has 3 saturated heterocycles. The summed E-state index contributed by atoms with van der Waals surface area (Å²) in [6, 6.07) is 1.12. The SMILES string of the molecule is Cc1noc(C)c1CCC(=O)N1CCCC2=C[C@H]3C[C@H](CN4CCCC[C@@H]34)[C@@H]21. The number of hydrogen-bond donors (Lipinski definition) is 0. The molecule has 3 aliphatic heterocycles. The van der Waals surface area contributed by atoms with Crippen molar-refractivity contribution in [2.45, 2.75) is 77.3 Å². The van der Waals surface area contributed by atoms with Gasteiger partial charge in [0.25, 0.3) is 0 Å². The van der Waals surface area contributed by atoms with Gasteiger partial charge in [-0.05, 0) is 70.8 Å². The van der Waals surface area contributed by atoms with Gasteiger partial charge >= 0.3 is 0 Å². The number of fused-ring (bicyclic) bond motifs is 6. The zero-order chi connectivity index (χ0) is 19.3. The predicted molar refractivity (Wildman–Crippen MR) is 108 cm³/mol. The molecule has 5 nitrogen and oxygen atoms in total. The van der Waals surface area contributed by atoms with Crippen LogP contribution in [0.25, 0.3) is 0 Å². The van der Waals surface area contributed by atoms with Gasteiger partial charge in [0.2, 0.25) is 5.91 Å². The zero-order valence-corrected chi connectivity index (χ0v) is 17.3. The second kappa shape index (κ2) is 7.33. The topological polar surface area (TPSA) is 49.6 Å². The van der Waals surface area contributed by atoms with Crippen LogP contribution >= 0.6 is 0 Å². The molecule has 5 rings (SSSR count). The van der Waals surface area contributed by atoms with Gasteiger partial charge in [0.1, 0.15) is 5.76 Å². The lowest BCUT2D eigenvalue weighted by molar-refractivity contribution is -0.136. The van der Waals surface area contributed by atoms with E-state index in [2.05, 4.69) is 21.0 Å². The van der Waals surface area contributed by atoms with Crippen molar-refractivity contribution in [1.29, 1.82) is 0 Å². The normalized spacial score (nSPS) is 32.5. The molecule has 1 amide bonds. The second-order valence-electron chi connectivity index (χ2n) is 9.40. The summed E-state index contributed by atoms with van der Waals surface area (Å²) in [5.41, 5.74) is 3.61. The number of aryl methyl sites for hydroxylation is 2. The summed E-state index contributed by atoms with van der Waals surface area (Å²) in [5.74, 6) is 2.52. The number of rotatable bonds is 3. The van der Waals surface area contributed by atoms with Crippen molar-refractivity contribution in [1.82, 2.24) is 15.0 Å². The number of likely N-dealkylation sites (tertiary alicyclic amines) is 1. The molecule has 28 heavy (non-hydrogen) atoms. The molecular weight excluding hydrogens is 350 g/mol. The van der Waals surface area contributed by atoms with Gasteiger partial charge in [-0.1, -0.05) is 23.2 Å². The number of carbonyl (C=O) groups is 1. The molecular formula is C23H33N3O2. The van der Waals surface area contributed by atoms with E-state index in [1.165, 1.54) is 45.2 Å². The summed E-state index contributed by atoms with van der Waals surface area (Å²) in [4.78, 5) is 18.2. The Morgan fingerprint density at radius 2 is 2.14 bits per heavy atom. The van der Waals surface area contributed by atoms with Crippen LogP contribution in [0, 0.1) is 25.7 Å². The highest BCUT2D eigenvalue weighted by atomic mass is 16.5. The van der Waals surface area contributed by atoms with Gasteiger partial charge < -0.3 is 9.42 Å². The average molecular weight is 384 g/mol. The molecule has 0 unspecified atom stereocenters. The number of piperidine rings is 3. The molecule has 0 spiro atoms. The monoisotopic (exact) mass is 383 g/mol. The first-order valence-electron chi connectivity index (χ1n) is 11.3. The number of carbonyl (C=O) groups excluding carboxylic acids is 1. The van der Waals surface area contributed by atoms with E-state index in [4.69, 9.17) is 4.52 Å². The van der Waals surface area contributed by atoms with Gasteiger partial charge in [-0.3, -0.25) is 9.69 Å². The summed E-state index contributed by atoms with van der Waals surface area (Å²) in [6.07, 6.45) is 11.6. The maximum absolute atomic E-state index is 13.2. The molecule has 4 atom stereocenters.